The maximum Gasteiger partial charge on any atom is 0.226 e. The van der Waals surface area contributed by atoms with Crippen molar-refractivity contribution in [2.24, 2.45) is 5.50 Å². The largest absolute Gasteiger partial charge is 0.290 e. The monoisotopic (exact) mass is 113 g/mol. The minimum Gasteiger partial charge on any atom is -0.290 e. The fraction of sp³-hybridized carbons (Fsp3) is 1.00. The maximum atomic E-state index is 9.76. The molecule has 0 fully saturated rings. The summed E-state index contributed by atoms with van der Waals surface area (Å²) >= 11 is 4.86. The Morgan fingerprint density at radius 3 is 2.00 bits per heavy atom. The quantitative estimate of drug-likeness (QED) is 0.477. The van der Waals surface area contributed by atoms with Crippen molar-refractivity contribution in [1.82, 2.24) is 0 Å². The number of halogens is 1. The summed E-state index contributed by atoms with van der Waals surface area (Å²) in [7, 11) is 0. The standard InChI is InChI=1S/CH5ClNOP/c1-5(2,3)4/h1H3,(H2,3,4). The highest BCUT2D eigenvalue weighted by atomic mass is 35.7. The van der Waals surface area contributed by atoms with E-state index in [1.807, 2.05) is 0 Å². The predicted molar refractivity (Wildman–Crippen MR) is 23.6 cm³/mol. The Balaban J connectivity index is 3.47. The molecule has 2 nitrogen and oxygen atoms in total. The molecule has 0 saturated heterocycles. The molecule has 0 aliphatic carbocycles. The first-order chi connectivity index (χ1) is 2.00. The molecular weight excluding hydrogens is 108 g/mol. The summed E-state index contributed by atoms with van der Waals surface area (Å²) in [5.74, 6) is 0. The van der Waals surface area contributed by atoms with Crippen molar-refractivity contribution in [1.29, 1.82) is 0 Å². The number of hydrogen-bond donors (Lipinski definition) is 1. The first-order valence-electron chi connectivity index (χ1n) is 1.06. The van der Waals surface area contributed by atoms with Crippen LogP contribution in [0.1, 0.15) is 0 Å². The summed E-state index contributed by atoms with van der Waals surface area (Å²) in [6, 6.07) is 0. The van der Waals surface area contributed by atoms with Crippen LogP contribution >= 0.6 is 17.9 Å². The Morgan fingerprint density at radius 2 is 2.00 bits per heavy atom. The third-order valence-corrected chi connectivity index (χ3v) is 0. The van der Waals surface area contributed by atoms with Crippen LogP contribution in [0.4, 0.5) is 0 Å². The van der Waals surface area contributed by atoms with Gasteiger partial charge in [-0.3, -0.25) is 10.1 Å². The number of nitrogens with two attached hydrogens (primary N) is 1. The Morgan fingerprint density at radius 1 is 2.00 bits per heavy atom. The highest BCUT2D eigenvalue weighted by Gasteiger charge is 1.93. The molecule has 0 radical (unpaired) electrons. The van der Waals surface area contributed by atoms with E-state index < -0.39 is 6.65 Å². The Bertz CT molecular complexity index is 57.8. The van der Waals surface area contributed by atoms with Crippen LogP contribution in [-0.2, 0) is 4.57 Å². The van der Waals surface area contributed by atoms with E-state index in [9.17, 15) is 4.57 Å². The van der Waals surface area contributed by atoms with E-state index in [1.54, 1.807) is 0 Å². The number of rotatable bonds is 0. The molecule has 0 saturated carbocycles. The normalized spacial score (nSPS) is 21.4. The lowest BCUT2D eigenvalue weighted by Crippen LogP contribution is -1.78. The second kappa shape index (κ2) is 1.29. The van der Waals surface area contributed by atoms with Crippen LogP contribution in [0.15, 0.2) is 0 Å². The van der Waals surface area contributed by atoms with E-state index in [1.165, 1.54) is 6.66 Å². The molecule has 32 valence electrons. The minimum atomic E-state index is -2.67. The van der Waals surface area contributed by atoms with Crippen LogP contribution in [0.2, 0.25) is 0 Å². The Kier molecular flexibility index (Phi) is 1.42. The molecule has 0 heterocycles. The average Bonchev–Trinajstić information content (AvgIpc) is 0.722. The van der Waals surface area contributed by atoms with Crippen LogP contribution in [0, 0.1) is 0 Å². The topological polar surface area (TPSA) is 43.1 Å². The van der Waals surface area contributed by atoms with Crippen molar-refractivity contribution in [3.63, 3.8) is 0 Å². The van der Waals surface area contributed by atoms with E-state index in [0.29, 0.717) is 0 Å². The molecule has 2 N–H and O–H groups in total. The lowest BCUT2D eigenvalue weighted by atomic mass is 12.0. The van der Waals surface area contributed by atoms with Gasteiger partial charge in [-0.1, -0.05) is 0 Å². The van der Waals surface area contributed by atoms with Gasteiger partial charge in [-0.05, 0) is 11.2 Å². The summed E-state index contributed by atoms with van der Waals surface area (Å²) < 4.78 is 9.76. The lowest BCUT2D eigenvalue weighted by molar-refractivity contribution is 0.588. The molecule has 0 bridgehead atoms. The molecule has 0 aliphatic rings. The van der Waals surface area contributed by atoms with Gasteiger partial charge in [-0.2, -0.15) is 0 Å². The van der Waals surface area contributed by atoms with Crippen LogP contribution in [-0.4, -0.2) is 6.66 Å². The van der Waals surface area contributed by atoms with Crippen molar-refractivity contribution >= 4 is 17.9 Å². The molecular formula is CH5ClNOP. The first kappa shape index (κ1) is 5.48. The average molecular weight is 113 g/mol. The molecule has 0 spiro atoms. The summed E-state index contributed by atoms with van der Waals surface area (Å²) in [4.78, 5) is 0. The Labute approximate surface area is 35.5 Å². The van der Waals surface area contributed by atoms with Crippen molar-refractivity contribution in [3.8, 4) is 0 Å². The van der Waals surface area contributed by atoms with E-state index in [-0.39, 0.29) is 0 Å². The molecule has 0 amide bonds. The van der Waals surface area contributed by atoms with Crippen LogP contribution in [0.5, 0.6) is 0 Å². The predicted octanol–water partition coefficient (Wildman–Crippen LogP) is 1.01. The third kappa shape index (κ3) is 120. The van der Waals surface area contributed by atoms with Gasteiger partial charge in [0.15, 0.2) is 0 Å². The second-order valence-corrected chi connectivity index (χ2v) is 4.66. The van der Waals surface area contributed by atoms with E-state index >= 15 is 0 Å². The van der Waals surface area contributed by atoms with Gasteiger partial charge in [0.25, 0.3) is 0 Å². The SMILES string of the molecule is CP(N)(=O)Cl. The van der Waals surface area contributed by atoms with Crippen molar-refractivity contribution in [2.75, 3.05) is 6.66 Å². The van der Waals surface area contributed by atoms with Gasteiger partial charge in [0.2, 0.25) is 6.65 Å². The van der Waals surface area contributed by atoms with Gasteiger partial charge in [0.1, 0.15) is 0 Å². The van der Waals surface area contributed by atoms with Gasteiger partial charge in [-0.25, -0.2) is 0 Å². The van der Waals surface area contributed by atoms with E-state index in [2.05, 4.69) is 5.50 Å². The fourth-order valence-electron chi connectivity index (χ4n) is 0. The van der Waals surface area contributed by atoms with Crippen LogP contribution < -0.4 is 5.50 Å². The van der Waals surface area contributed by atoms with Gasteiger partial charge in [0.05, 0.1) is 0 Å². The zero-order valence-electron chi connectivity index (χ0n) is 2.81. The van der Waals surface area contributed by atoms with Crippen molar-refractivity contribution in [2.45, 2.75) is 0 Å². The summed E-state index contributed by atoms with van der Waals surface area (Å²) in [6.45, 7) is -1.38. The van der Waals surface area contributed by atoms with Crippen molar-refractivity contribution < 1.29 is 4.57 Å². The molecule has 1 unspecified atom stereocenters. The maximum absolute atomic E-state index is 9.76. The molecule has 1 atom stereocenters. The van der Waals surface area contributed by atoms with Crippen molar-refractivity contribution in [3.05, 3.63) is 0 Å². The zero-order chi connectivity index (χ0) is 4.50. The fourth-order valence-corrected chi connectivity index (χ4v) is 0. The van der Waals surface area contributed by atoms with E-state index in [0.717, 1.165) is 0 Å². The molecule has 5 heavy (non-hydrogen) atoms. The molecule has 0 aromatic rings. The summed E-state index contributed by atoms with van der Waals surface area (Å²) in [5, 5.41) is 0. The smallest absolute Gasteiger partial charge is 0.226 e. The van der Waals surface area contributed by atoms with E-state index in [4.69, 9.17) is 11.2 Å². The van der Waals surface area contributed by atoms with Gasteiger partial charge in [-0.15, -0.1) is 0 Å². The highest BCUT2D eigenvalue weighted by Crippen LogP contribution is 2.35. The summed E-state index contributed by atoms with van der Waals surface area (Å²) in [6.07, 6.45) is 0. The molecule has 0 rings (SSSR count). The highest BCUT2D eigenvalue weighted by molar-refractivity contribution is 7.86. The third-order valence-electron chi connectivity index (χ3n) is 0. The second-order valence-electron chi connectivity index (χ2n) is 0.882. The molecule has 0 aromatic heterocycles. The molecule has 0 aliphatic heterocycles. The van der Waals surface area contributed by atoms with Crippen LogP contribution in [0.25, 0.3) is 0 Å². The van der Waals surface area contributed by atoms with Gasteiger partial charge < -0.3 is 0 Å². The Hall–Kier alpha value is 0.480. The van der Waals surface area contributed by atoms with Gasteiger partial charge >= 0.3 is 0 Å². The van der Waals surface area contributed by atoms with Crippen LogP contribution in [0.3, 0.4) is 0 Å². The summed E-state index contributed by atoms with van der Waals surface area (Å²) in [5.41, 5.74) is 4.68. The first-order valence-corrected chi connectivity index (χ1v) is 4.19. The van der Waals surface area contributed by atoms with Gasteiger partial charge in [0, 0.05) is 6.66 Å². The zero-order valence-corrected chi connectivity index (χ0v) is 4.46. The molecule has 4 heteroatoms. The lowest BCUT2D eigenvalue weighted by Gasteiger charge is -1.83. The molecule has 0 aromatic carbocycles. The minimum absolute atomic E-state index is 1.29. The number of hydrogen-bond acceptors (Lipinski definition) is 1.